The van der Waals surface area contributed by atoms with Crippen LogP contribution in [0.15, 0.2) is 91.0 Å². The molecule has 30 heavy (non-hydrogen) atoms. The van der Waals surface area contributed by atoms with Gasteiger partial charge in [-0.1, -0.05) is 67.9 Å². The Labute approximate surface area is 191 Å². The lowest BCUT2D eigenvalue weighted by Crippen LogP contribution is -3.00. The fourth-order valence-electron chi connectivity index (χ4n) is 4.51. The van der Waals surface area contributed by atoms with E-state index in [0.29, 0.717) is 13.2 Å². The van der Waals surface area contributed by atoms with Crippen molar-refractivity contribution in [3.63, 3.8) is 0 Å². The number of rotatable bonds is 8. The predicted octanol–water partition coefficient (Wildman–Crippen LogP) is 1.92. The molecule has 0 N–H and O–H groups in total. The molecular weight excluding hydrogens is 455 g/mol. The Kier molecular flexibility index (Phi) is 8.25. The molecule has 1 saturated heterocycles. The Hall–Kier alpha value is -1.51. The van der Waals surface area contributed by atoms with E-state index in [1.54, 1.807) is 0 Å². The monoisotopic (exact) mass is 484 g/mol. The summed E-state index contributed by atoms with van der Waals surface area (Å²) in [4.78, 5) is 0. The van der Waals surface area contributed by atoms with E-state index in [1.807, 2.05) is 0 Å². The molecule has 0 unspecified atom stereocenters. The van der Waals surface area contributed by atoms with Gasteiger partial charge in [-0.15, -0.1) is 0 Å². The molecule has 4 rings (SSSR count). The van der Waals surface area contributed by atoms with Crippen molar-refractivity contribution < 1.29 is 26.5 Å². The molecule has 3 aromatic carbocycles. The molecule has 0 radical (unpaired) electrons. The summed E-state index contributed by atoms with van der Waals surface area (Å²) in [6, 6.07) is 33.1. The highest BCUT2D eigenvalue weighted by molar-refractivity contribution is 7.95. The van der Waals surface area contributed by atoms with E-state index in [1.165, 1.54) is 15.9 Å². The number of hydrogen-bond acceptors (Lipinski definition) is 2. The Morgan fingerprint density at radius 3 is 1.43 bits per heavy atom. The molecule has 1 aliphatic rings. The van der Waals surface area contributed by atoms with Gasteiger partial charge in [-0.05, 0) is 36.4 Å². The first-order valence-corrected chi connectivity index (χ1v) is 12.6. The molecule has 2 nitrogen and oxygen atoms in total. The molecule has 0 aromatic heterocycles. The molecule has 1 fully saturated rings. The van der Waals surface area contributed by atoms with Crippen LogP contribution in [0.5, 0.6) is 0 Å². The van der Waals surface area contributed by atoms with E-state index in [2.05, 4.69) is 97.9 Å². The maximum Gasteiger partial charge on any atom is 0.171 e. The van der Waals surface area contributed by atoms with Crippen LogP contribution in [0.3, 0.4) is 0 Å². The van der Waals surface area contributed by atoms with Crippen LogP contribution in [0.2, 0.25) is 0 Å². The molecule has 0 atom stereocenters. The van der Waals surface area contributed by atoms with Gasteiger partial charge in [0.15, 0.2) is 5.79 Å². The van der Waals surface area contributed by atoms with E-state index >= 15 is 0 Å². The second kappa shape index (κ2) is 10.7. The van der Waals surface area contributed by atoms with Gasteiger partial charge in [0, 0.05) is 12.8 Å². The van der Waals surface area contributed by atoms with Crippen molar-refractivity contribution in [3.8, 4) is 0 Å². The van der Waals surface area contributed by atoms with Crippen molar-refractivity contribution in [2.24, 2.45) is 0 Å². The van der Waals surface area contributed by atoms with Crippen molar-refractivity contribution >= 4 is 23.2 Å². The molecule has 1 heterocycles. The first-order valence-electron chi connectivity index (χ1n) is 10.6. The highest BCUT2D eigenvalue weighted by atomic mass is 79.9. The fourth-order valence-corrected chi connectivity index (χ4v) is 8.90. The van der Waals surface area contributed by atoms with Crippen LogP contribution < -0.4 is 32.9 Å². The Bertz CT molecular complexity index is 784. The van der Waals surface area contributed by atoms with Crippen molar-refractivity contribution in [2.45, 2.75) is 32.0 Å². The minimum atomic E-state index is -1.83. The van der Waals surface area contributed by atoms with Gasteiger partial charge >= 0.3 is 0 Å². The Morgan fingerprint density at radius 1 is 0.667 bits per heavy atom. The zero-order valence-electron chi connectivity index (χ0n) is 17.5. The summed E-state index contributed by atoms with van der Waals surface area (Å²) in [5.41, 5.74) is 0. The van der Waals surface area contributed by atoms with Gasteiger partial charge in [0.25, 0.3) is 0 Å². The third-order valence-corrected chi connectivity index (χ3v) is 10.3. The maximum absolute atomic E-state index is 6.18. The molecular formula is C26H30BrO2P. The second-order valence-electron chi connectivity index (χ2n) is 7.65. The molecule has 158 valence electrons. The fraction of sp³-hybridized carbons (Fsp3) is 0.308. The first-order chi connectivity index (χ1) is 14.3. The first kappa shape index (κ1) is 23.2. The smallest absolute Gasteiger partial charge is 0.171 e. The van der Waals surface area contributed by atoms with Crippen molar-refractivity contribution in [1.82, 2.24) is 0 Å². The zero-order chi connectivity index (χ0) is 20.0. The highest BCUT2D eigenvalue weighted by Gasteiger charge is 2.48. The normalized spacial score (nSPS) is 15.5. The quantitative estimate of drug-likeness (QED) is 0.454. The third-order valence-electron chi connectivity index (χ3n) is 5.86. The summed E-state index contributed by atoms with van der Waals surface area (Å²) < 4.78 is 12.4. The van der Waals surface area contributed by atoms with E-state index in [-0.39, 0.29) is 17.0 Å². The van der Waals surface area contributed by atoms with E-state index in [4.69, 9.17) is 9.47 Å². The van der Waals surface area contributed by atoms with Crippen molar-refractivity contribution in [2.75, 3.05) is 19.4 Å². The van der Waals surface area contributed by atoms with Gasteiger partial charge in [-0.2, -0.15) is 0 Å². The molecule has 0 bridgehead atoms. The minimum absolute atomic E-state index is 0. The number of hydrogen-bond donors (Lipinski definition) is 0. The van der Waals surface area contributed by atoms with Crippen LogP contribution in [-0.4, -0.2) is 25.2 Å². The third kappa shape index (κ3) is 4.70. The summed E-state index contributed by atoms with van der Waals surface area (Å²) in [5.74, 6) is -0.432. The van der Waals surface area contributed by atoms with Gasteiger partial charge in [-0.25, -0.2) is 0 Å². The second-order valence-corrected chi connectivity index (χ2v) is 11.3. The Morgan fingerprint density at radius 2 is 1.07 bits per heavy atom. The van der Waals surface area contributed by atoms with E-state index in [0.717, 1.165) is 25.4 Å². The SMILES string of the molecule is CCCC1(CC[P+](c2ccccc2)(c2ccccc2)c2ccccc2)OCCO1.[Br-]. The molecule has 4 heteroatoms. The van der Waals surface area contributed by atoms with E-state index in [9.17, 15) is 0 Å². The van der Waals surface area contributed by atoms with Crippen LogP contribution >= 0.6 is 7.26 Å². The van der Waals surface area contributed by atoms with Crippen LogP contribution in [0.1, 0.15) is 26.2 Å². The van der Waals surface area contributed by atoms with Gasteiger partial charge in [-0.3, -0.25) is 0 Å². The molecule has 1 aliphatic heterocycles. The summed E-state index contributed by atoms with van der Waals surface area (Å²) in [7, 11) is -1.83. The molecule has 0 amide bonds. The molecule has 0 saturated carbocycles. The summed E-state index contributed by atoms with van der Waals surface area (Å²) >= 11 is 0. The standard InChI is InChI=1S/C26H30O2P.BrH/c1-2-18-26(27-20-21-28-26)19-22-29(23-12-6-3-7-13-23,24-14-8-4-9-15-24)25-16-10-5-11-17-25;/h3-17H,2,18-22H2,1H3;1H/q+1;/p-1. The van der Waals surface area contributed by atoms with Crippen molar-refractivity contribution in [1.29, 1.82) is 0 Å². The number of benzene rings is 3. The lowest BCUT2D eigenvalue weighted by atomic mass is 10.1. The van der Waals surface area contributed by atoms with Crippen LogP contribution in [-0.2, 0) is 9.47 Å². The van der Waals surface area contributed by atoms with Crippen LogP contribution in [0.25, 0.3) is 0 Å². The molecule has 3 aromatic rings. The van der Waals surface area contributed by atoms with Gasteiger partial charge in [0.05, 0.1) is 19.4 Å². The van der Waals surface area contributed by atoms with Gasteiger partial charge < -0.3 is 26.5 Å². The maximum atomic E-state index is 6.18. The Balaban J connectivity index is 0.00000256. The predicted molar refractivity (Wildman–Crippen MR) is 124 cm³/mol. The highest BCUT2D eigenvalue weighted by Crippen LogP contribution is 2.57. The summed E-state index contributed by atoms with van der Waals surface area (Å²) in [6.45, 7) is 3.61. The van der Waals surface area contributed by atoms with Crippen LogP contribution in [0.4, 0.5) is 0 Å². The summed E-state index contributed by atoms with van der Waals surface area (Å²) in [6.07, 6.45) is 3.96. The zero-order valence-corrected chi connectivity index (χ0v) is 20.0. The van der Waals surface area contributed by atoms with Crippen molar-refractivity contribution in [3.05, 3.63) is 91.0 Å². The lowest BCUT2D eigenvalue weighted by molar-refractivity contribution is -0.163. The van der Waals surface area contributed by atoms with Crippen LogP contribution in [0, 0.1) is 0 Å². The number of ether oxygens (including phenoxy) is 2. The average Bonchev–Trinajstić information content (AvgIpc) is 3.25. The minimum Gasteiger partial charge on any atom is -1.00 e. The molecule has 0 aliphatic carbocycles. The van der Waals surface area contributed by atoms with E-state index < -0.39 is 13.0 Å². The average molecular weight is 485 g/mol. The lowest BCUT2D eigenvalue weighted by Gasteiger charge is -2.32. The topological polar surface area (TPSA) is 18.5 Å². The largest absolute Gasteiger partial charge is 1.00 e. The summed E-state index contributed by atoms with van der Waals surface area (Å²) in [5, 5.41) is 4.26. The molecule has 0 spiro atoms. The van der Waals surface area contributed by atoms with Gasteiger partial charge in [0.2, 0.25) is 0 Å². The van der Waals surface area contributed by atoms with Gasteiger partial charge in [0.1, 0.15) is 23.2 Å². The number of halogens is 1.